The van der Waals surface area contributed by atoms with Crippen molar-refractivity contribution < 1.29 is 9.52 Å². The van der Waals surface area contributed by atoms with Crippen LogP contribution in [0.1, 0.15) is 16.3 Å². The van der Waals surface area contributed by atoms with Crippen molar-refractivity contribution in [3.05, 3.63) is 28.5 Å². The van der Waals surface area contributed by atoms with Crippen molar-refractivity contribution in [2.45, 2.75) is 20.5 Å². The molecule has 0 saturated carbocycles. The number of oxazole rings is 1. The Kier molecular flexibility index (Phi) is 2.39. The van der Waals surface area contributed by atoms with Crippen LogP contribution in [0.25, 0.3) is 10.8 Å². The Morgan fingerprint density at radius 1 is 1.43 bits per heavy atom. The van der Waals surface area contributed by atoms with E-state index >= 15 is 0 Å². The van der Waals surface area contributed by atoms with Crippen molar-refractivity contribution in [1.29, 1.82) is 0 Å². The van der Waals surface area contributed by atoms with Gasteiger partial charge in [0.1, 0.15) is 11.5 Å². The zero-order valence-corrected chi connectivity index (χ0v) is 8.89. The minimum Gasteiger partial charge on any atom is -0.440 e. The zero-order valence-electron chi connectivity index (χ0n) is 8.07. The van der Waals surface area contributed by atoms with Gasteiger partial charge in [-0.2, -0.15) is 0 Å². The van der Waals surface area contributed by atoms with Crippen molar-refractivity contribution in [2.24, 2.45) is 0 Å². The van der Waals surface area contributed by atoms with Crippen LogP contribution < -0.4 is 0 Å². The number of hydrogen-bond acceptors (Lipinski definition) is 4. The fourth-order valence-electron chi connectivity index (χ4n) is 1.23. The first-order valence-electron chi connectivity index (χ1n) is 4.34. The second-order valence-electron chi connectivity index (χ2n) is 3.09. The summed E-state index contributed by atoms with van der Waals surface area (Å²) in [4.78, 5) is 6.43. The SMILES string of the molecule is Cc1ccc(-c2nc(CO)c(C)o2)s1. The Morgan fingerprint density at radius 3 is 2.71 bits per heavy atom. The van der Waals surface area contributed by atoms with Crippen LogP contribution in [0, 0.1) is 13.8 Å². The average Bonchev–Trinajstić information content (AvgIpc) is 2.71. The largest absolute Gasteiger partial charge is 0.440 e. The first-order valence-corrected chi connectivity index (χ1v) is 5.16. The lowest BCUT2D eigenvalue weighted by molar-refractivity contribution is 0.275. The Balaban J connectivity index is 2.42. The number of nitrogens with zero attached hydrogens (tertiary/aromatic N) is 1. The van der Waals surface area contributed by atoms with Crippen molar-refractivity contribution in [1.82, 2.24) is 4.98 Å². The normalized spacial score (nSPS) is 10.8. The van der Waals surface area contributed by atoms with E-state index in [-0.39, 0.29) is 6.61 Å². The summed E-state index contributed by atoms with van der Waals surface area (Å²) in [5.74, 6) is 1.29. The molecule has 0 bridgehead atoms. The number of aromatic nitrogens is 1. The monoisotopic (exact) mass is 209 g/mol. The summed E-state index contributed by atoms with van der Waals surface area (Å²) >= 11 is 1.64. The van der Waals surface area contributed by atoms with Gasteiger partial charge >= 0.3 is 0 Å². The van der Waals surface area contributed by atoms with Gasteiger partial charge in [-0.15, -0.1) is 11.3 Å². The molecule has 0 aromatic carbocycles. The maximum atomic E-state index is 8.96. The summed E-state index contributed by atoms with van der Waals surface area (Å²) in [6.07, 6.45) is 0. The second-order valence-corrected chi connectivity index (χ2v) is 4.38. The van der Waals surface area contributed by atoms with Crippen LogP contribution in [-0.2, 0) is 6.61 Å². The van der Waals surface area contributed by atoms with Crippen molar-refractivity contribution in [2.75, 3.05) is 0 Å². The zero-order chi connectivity index (χ0) is 10.1. The van der Waals surface area contributed by atoms with Gasteiger partial charge < -0.3 is 9.52 Å². The fraction of sp³-hybridized carbons (Fsp3) is 0.300. The van der Waals surface area contributed by atoms with Crippen LogP contribution in [0.2, 0.25) is 0 Å². The van der Waals surface area contributed by atoms with E-state index in [0.717, 1.165) is 4.88 Å². The summed E-state index contributed by atoms with van der Waals surface area (Å²) in [7, 11) is 0. The Labute approximate surface area is 86.0 Å². The molecule has 0 amide bonds. The van der Waals surface area contributed by atoms with Crippen LogP contribution in [0.4, 0.5) is 0 Å². The summed E-state index contributed by atoms with van der Waals surface area (Å²) in [5, 5.41) is 8.96. The fourth-order valence-corrected chi connectivity index (χ4v) is 2.02. The summed E-state index contributed by atoms with van der Waals surface area (Å²) in [6, 6.07) is 4.00. The highest BCUT2D eigenvalue weighted by Crippen LogP contribution is 2.28. The van der Waals surface area contributed by atoms with Crippen molar-refractivity contribution >= 4 is 11.3 Å². The third-order valence-electron chi connectivity index (χ3n) is 1.99. The second kappa shape index (κ2) is 3.55. The summed E-state index contributed by atoms with van der Waals surface area (Å²) in [5.41, 5.74) is 0.617. The van der Waals surface area contributed by atoms with Crippen LogP contribution in [0.3, 0.4) is 0 Å². The van der Waals surface area contributed by atoms with Gasteiger partial charge in [-0.1, -0.05) is 0 Å². The van der Waals surface area contributed by atoms with Crippen molar-refractivity contribution in [3.63, 3.8) is 0 Å². The summed E-state index contributed by atoms with van der Waals surface area (Å²) < 4.78 is 5.44. The van der Waals surface area contributed by atoms with Gasteiger partial charge in [0.15, 0.2) is 0 Å². The molecule has 2 heterocycles. The van der Waals surface area contributed by atoms with Gasteiger partial charge in [0.25, 0.3) is 0 Å². The van der Waals surface area contributed by atoms with Crippen LogP contribution in [0.5, 0.6) is 0 Å². The molecular formula is C10H11NO2S. The van der Waals surface area contributed by atoms with E-state index in [9.17, 15) is 0 Å². The number of hydrogen-bond donors (Lipinski definition) is 1. The molecule has 0 spiro atoms. The van der Waals surface area contributed by atoms with Gasteiger partial charge in [0.05, 0.1) is 11.5 Å². The van der Waals surface area contributed by atoms with Gasteiger partial charge in [-0.3, -0.25) is 0 Å². The first kappa shape index (κ1) is 9.43. The summed E-state index contributed by atoms with van der Waals surface area (Å²) in [6.45, 7) is 3.78. The topological polar surface area (TPSA) is 46.3 Å². The third kappa shape index (κ3) is 1.58. The van der Waals surface area contributed by atoms with Gasteiger partial charge in [-0.05, 0) is 26.0 Å². The lowest BCUT2D eigenvalue weighted by atomic mass is 10.4. The molecule has 0 aliphatic carbocycles. The van der Waals surface area contributed by atoms with Crippen molar-refractivity contribution in [3.8, 4) is 10.8 Å². The highest BCUT2D eigenvalue weighted by Gasteiger charge is 2.11. The van der Waals surface area contributed by atoms with E-state index in [1.807, 2.05) is 26.0 Å². The van der Waals surface area contributed by atoms with E-state index in [4.69, 9.17) is 9.52 Å². The molecule has 0 radical (unpaired) electrons. The molecule has 0 saturated heterocycles. The Hall–Kier alpha value is -1.13. The van der Waals surface area contributed by atoms with Crippen LogP contribution >= 0.6 is 11.3 Å². The lowest BCUT2D eigenvalue weighted by Gasteiger charge is -1.85. The lowest BCUT2D eigenvalue weighted by Crippen LogP contribution is -1.84. The molecule has 74 valence electrons. The van der Waals surface area contributed by atoms with Gasteiger partial charge in [-0.25, -0.2) is 4.98 Å². The molecule has 0 unspecified atom stereocenters. The number of thiophene rings is 1. The van der Waals surface area contributed by atoms with E-state index in [1.165, 1.54) is 4.88 Å². The minimum atomic E-state index is -0.0698. The average molecular weight is 209 g/mol. The predicted octanol–water partition coefficient (Wildman–Crippen LogP) is 2.51. The molecule has 1 N–H and O–H groups in total. The molecule has 0 fully saturated rings. The van der Waals surface area contributed by atoms with E-state index in [2.05, 4.69) is 4.98 Å². The standard InChI is InChI=1S/C10H11NO2S/c1-6-3-4-9(14-6)10-11-8(5-12)7(2)13-10/h3-4,12H,5H2,1-2H3. The molecule has 2 rings (SSSR count). The number of aryl methyl sites for hydroxylation is 2. The molecule has 2 aromatic heterocycles. The molecule has 0 aliphatic rings. The van der Waals surface area contributed by atoms with Crippen LogP contribution in [0.15, 0.2) is 16.5 Å². The molecule has 4 heteroatoms. The first-order chi connectivity index (χ1) is 6.70. The molecule has 14 heavy (non-hydrogen) atoms. The maximum Gasteiger partial charge on any atom is 0.236 e. The quantitative estimate of drug-likeness (QED) is 0.826. The van der Waals surface area contributed by atoms with Crippen LogP contribution in [-0.4, -0.2) is 10.1 Å². The third-order valence-corrected chi connectivity index (χ3v) is 2.98. The molecule has 0 atom stereocenters. The van der Waals surface area contributed by atoms with E-state index < -0.39 is 0 Å². The number of aliphatic hydroxyl groups is 1. The molecule has 2 aromatic rings. The number of aliphatic hydroxyl groups excluding tert-OH is 1. The number of rotatable bonds is 2. The van der Waals surface area contributed by atoms with E-state index in [1.54, 1.807) is 11.3 Å². The minimum absolute atomic E-state index is 0.0698. The predicted molar refractivity (Wildman–Crippen MR) is 55.2 cm³/mol. The Morgan fingerprint density at radius 2 is 2.21 bits per heavy atom. The Bertz CT molecular complexity index is 445. The highest BCUT2D eigenvalue weighted by atomic mass is 32.1. The molecule has 0 aliphatic heterocycles. The highest BCUT2D eigenvalue weighted by molar-refractivity contribution is 7.15. The van der Waals surface area contributed by atoms with Gasteiger partial charge in [0, 0.05) is 4.88 Å². The van der Waals surface area contributed by atoms with E-state index in [0.29, 0.717) is 17.3 Å². The maximum absolute atomic E-state index is 8.96. The molecular weight excluding hydrogens is 198 g/mol. The van der Waals surface area contributed by atoms with Gasteiger partial charge in [0.2, 0.25) is 5.89 Å². The smallest absolute Gasteiger partial charge is 0.236 e. The molecule has 3 nitrogen and oxygen atoms in total.